The number of aromatic nitrogens is 2. The van der Waals surface area contributed by atoms with E-state index in [1.54, 1.807) is 11.0 Å². The van der Waals surface area contributed by atoms with E-state index in [9.17, 15) is 4.79 Å². The van der Waals surface area contributed by atoms with Crippen LogP contribution in [0.2, 0.25) is 0 Å². The molecule has 5 nitrogen and oxygen atoms in total. The quantitative estimate of drug-likeness (QED) is 0.920. The van der Waals surface area contributed by atoms with Crippen molar-refractivity contribution in [3.05, 3.63) is 47.4 Å². The second-order valence-corrected chi connectivity index (χ2v) is 5.21. The molecule has 0 radical (unpaired) electrons. The number of carbonyl (C=O) groups excluding carboxylic acids is 1. The molecular weight excluding hydrogens is 276 g/mol. The van der Waals surface area contributed by atoms with Crippen molar-refractivity contribution in [2.45, 2.75) is 27.7 Å². The molecule has 0 saturated heterocycles. The number of hydrogen-bond donors (Lipinski definition) is 1. The maximum absolute atomic E-state index is 12.3. The molecule has 1 N–H and O–H groups in total. The average molecular weight is 298 g/mol. The summed E-state index contributed by atoms with van der Waals surface area (Å²) in [6.07, 6.45) is 1.42. The molecule has 0 aliphatic heterocycles. The van der Waals surface area contributed by atoms with E-state index in [0.717, 1.165) is 11.3 Å². The third kappa shape index (κ3) is 3.61. The first-order chi connectivity index (χ1) is 10.5. The summed E-state index contributed by atoms with van der Waals surface area (Å²) in [4.78, 5) is 22.4. The maximum Gasteiger partial charge on any atom is 0.272 e. The van der Waals surface area contributed by atoms with Crippen LogP contribution in [0.5, 0.6) is 0 Å². The van der Waals surface area contributed by atoms with Gasteiger partial charge in [0.25, 0.3) is 5.91 Å². The fourth-order valence-corrected chi connectivity index (χ4v) is 2.31. The predicted molar refractivity (Wildman–Crippen MR) is 88.5 cm³/mol. The fraction of sp³-hybridized carbons (Fsp3) is 0.353. The third-order valence-electron chi connectivity index (χ3n) is 3.58. The molecule has 2 rings (SSSR count). The van der Waals surface area contributed by atoms with E-state index in [1.165, 1.54) is 11.9 Å². The van der Waals surface area contributed by atoms with Crippen LogP contribution in [0.25, 0.3) is 0 Å². The molecule has 0 unspecified atom stereocenters. The lowest BCUT2D eigenvalue weighted by Crippen LogP contribution is -2.31. The van der Waals surface area contributed by atoms with Crippen molar-refractivity contribution in [1.82, 2.24) is 14.9 Å². The summed E-state index contributed by atoms with van der Waals surface area (Å²) >= 11 is 0. The molecule has 0 bridgehead atoms. The van der Waals surface area contributed by atoms with Crippen LogP contribution in [0.1, 0.15) is 35.5 Å². The minimum atomic E-state index is -0.0731. The van der Waals surface area contributed by atoms with Gasteiger partial charge >= 0.3 is 0 Å². The number of nitrogens with one attached hydrogen (secondary N) is 1. The number of benzene rings is 1. The zero-order valence-electron chi connectivity index (χ0n) is 13.6. The van der Waals surface area contributed by atoms with Crippen molar-refractivity contribution < 1.29 is 4.79 Å². The van der Waals surface area contributed by atoms with Gasteiger partial charge in [-0.1, -0.05) is 17.7 Å². The molecule has 0 aliphatic carbocycles. The molecule has 116 valence electrons. The molecular formula is C17H22N4O. The molecule has 0 fully saturated rings. The van der Waals surface area contributed by atoms with Crippen LogP contribution in [0, 0.1) is 13.8 Å². The van der Waals surface area contributed by atoms with Gasteiger partial charge in [0.05, 0.1) is 0 Å². The Morgan fingerprint density at radius 2 is 1.86 bits per heavy atom. The number of hydrogen-bond acceptors (Lipinski definition) is 4. The standard InChI is InChI=1S/C17H22N4O/c1-5-21(6-2)17(22)15-10-16(19-11-18-15)20-14-8-7-12(3)9-13(14)4/h7-11H,5-6H2,1-4H3,(H,18,19,20). The molecule has 1 heterocycles. The van der Waals surface area contributed by atoms with Crippen LogP contribution in [0.15, 0.2) is 30.6 Å². The molecule has 1 aromatic carbocycles. The Bertz CT molecular complexity index is 665. The average Bonchev–Trinajstić information content (AvgIpc) is 2.51. The van der Waals surface area contributed by atoms with Crippen molar-refractivity contribution in [2.75, 3.05) is 18.4 Å². The highest BCUT2D eigenvalue weighted by Crippen LogP contribution is 2.20. The first-order valence-electron chi connectivity index (χ1n) is 7.50. The Morgan fingerprint density at radius 1 is 1.14 bits per heavy atom. The summed E-state index contributed by atoms with van der Waals surface area (Å²) in [5, 5.41) is 3.25. The van der Waals surface area contributed by atoms with Crippen molar-refractivity contribution in [2.24, 2.45) is 0 Å². The molecule has 0 atom stereocenters. The Labute approximate surface area is 131 Å². The first-order valence-corrected chi connectivity index (χ1v) is 7.50. The van der Waals surface area contributed by atoms with Crippen LogP contribution < -0.4 is 5.32 Å². The Balaban J connectivity index is 2.23. The second-order valence-electron chi connectivity index (χ2n) is 5.21. The van der Waals surface area contributed by atoms with E-state index >= 15 is 0 Å². The van der Waals surface area contributed by atoms with Gasteiger partial charge in [0.2, 0.25) is 0 Å². The summed E-state index contributed by atoms with van der Waals surface area (Å²) in [6, 6.07) is 7.85. The minimum absolute atomic E-state index is 0.0731. The fourth-order valence-electron chi connectivity index (χ4n) is 2.31. The highest BCUT2D eigenvalue weighted by atomic mass is 16.2. The smallest absolute Gasteiger partial charge is 0.272 e. The summed E-state index contributed by atoms with van der Waals surface area (Å²) in [7, 11) is 0. The SMILES string of the molecule is CCN(CC)C(=O)c1cc(Nc2ccc(C)cc2C)ncn1. The third-order valence-corrected chi connectivity index (χ3v) is 3.58. The normalized spacial score (nSPS) is 10.4. The lowest BCUT2D eigenvalue weighted by Gasteiger charge is -2.18. The Hall–Kier alpha value is -2.43. The zero-order valence-corrected chi connectivity index (χ0v) is 13.6. The summed E-state index contributed by atoms with van der Waals surface area (Å²) in [5.74, 6) is 0.550. The number of rotatable bonds is 5. The summed E-state index contributed by atoms with van der Waals surface area (Å²) in [5.41, 5.74) is 3.73. The molecule has 2 aromatic rings. The lowest BCUT2D eigenvalue weighted by atomic mass is 10.1. The maximum atomic E-state index is 12.3. The first kappa shape index (κ1) is 15.9. The summed E-state index contributed by atoms with van der Waals surface area (Å²) in [6.45, 7) is 9.34. The predicted octanol–water partition coefficient (Wildman–Crippen LogP) is 3.32. The summed E-state index contributed by atoms with van der Waals surface area (Å²) < 4.78 is 0. The van der Waals surface area contributed by atoms with Gasteiger partial charge in [-0.05, 0) is 39.3 Å². The van der Waals surface area contributed by atoms with Gasteiger partial charge in [-0.25, -0.2) is 9.97 Å². The van der Waals surface area contributed by atoms with Crippen LogP contribution in [-0.2, 0) is 0 Å². The molecule has 0 saturated carbocycles. The van der Waals surface area contributed by atoms with Crippen molar-refractivity contribution >= 4 is 17.4 Å². The van der Waals surface area contributed by atoms with Gasteiger partial charge in [-0.3, -0.25) is 4.79 Å². The minimum Gasteiger partial charge on any atom is -0.340 e. The van der Waals surface area contributed by atoms with Gasteiger partial charge in [-0.2, -0.15) is 0 Å². The van der Waals surface area contributed by atoms with Crippen molar-refractivity contribution in [1.29, 1.82) is 0 Å². The van der Waals surface area contributed by atoms with Crippen molar-refractivity contribution in [3.63, 3.8) is 0 Å². The number of amides is 1. The van der Waals surface area contributed by atoms with Crippen LogP contribution in [0.4, 0.5) is 11.5 Å². The van der Waals surface area contributed by atoms with Crippen molar-refractivity contribution in [3.8, 4) is 0 Å². The van der Waals surface area contributed by atoms with Crippen LogP contribution in [0.3, 0.4) is 0 Å². The van der Waals surface area contributed by atoms with Gasteiger partial charge in [-0.15, -0.1) is 0 Å². The van der Waals surface area contributed by atoms with E-state index in [0.29, 0.717) is 24.6 Å². The second kappa shape index (κ2) is 7.02. The highest BCUT2D eigenvalue weighted by Gasteiger charge is 2.14. The highest BCUT2D eigenvalue weighted by molar-refractivity contribution is 5.93. The number of aryl methyl sites for hydroxylation is 2. The molecule has 1 amide bonds. The molecule has 0 aliphatic rings. The van der Waals surface area contributed by atoms with E-state index in [-0.39, 0.29) is 5.91 Å². The van der Waals surface area contributed by atoms with Gasteiger partial charge < -0.3 is 10.2 Å². The molecule has 0 spiro atoms. The number of carbonyl (C=O) groups is 1. The van der Waals surface area contributed by atoms with Gasteiger partial charge in [0, 0.05) is 24.8 Å². The van der Waals surface area contributed by atoms with Crippen LogP contribution in [-0.4, -0.2) is 33.9 Å². The zero-order chi connectivity index (χ0) is 16.1. The molecule has 22 heavy (non-hydrogen) atoms. The monoisotopic (exact) mass is 298 g/mol. The van der Waals surface area contributed by atoms with E-state index in [1.807, 2.05) is 32.9 Å². The largest absolute Gasteiger partial charge is 0.340 e. The van der Waals surface area contributed by atoms with E-state index in [4.69, 9.17) is 0 Å². The van der Waals surface area contributed by atoms with Gasteiger partial charge in [0.15, 0.2) is 0 Å². The van der Waals surface area contributed by atoms with E-state index < -0.39 is 0 Å². The number of nitrogens with zero attached hydrogens (tertiary/aromatic N) is 3. The van der Waals surface area contributed by atoms with E-state index in [2.05, 4.69) is 28.3 Å². The Kier molecular flexibility index (Phi) is 5.09. The molecule has 5 heteroatoms. The lowest BCUT2D eigenvalue weighted by molar-refractivity contribution is 0.0767. The van der Waals surface area contributed by atoms with Gasteiger partial charge in [0.1, 0.15) is 17.8 Å². The molecule has 1 aromatic heterocycles. The number of anilines is 2. The topological polar surface area (TPSA) is 58.1 Å². The Morgan fingerprint density at radius 3 is 2.50 bits per heavy atom. The van der Waals surface area contributed by atoms with Crippen LogP contribution >= 0.6 is 0 Å².